The second-order valence-electron chi connectivity index (χ2n) is 6.79. The van der Waals surface area contributed by atoms with Crippen molar-refractivity contribution in [1.82, 2.24) is 24.8 Å². The smallest absolute Gasteiger partial charge is 0.271 e. The standard InChI is InChI=1S/C17H25N5O/c1-11(2)21-6-5-14(10-21)9-18-17(23)15-8-16-19-12(3)7-13(4)22(16)20-15/h7-8,11,14H,5-6,9-10H2,1-4H3,(H,18,23). The third-order valence-corrected chi connectivity index (χ3v) is 4.56. The molecule has 0 bridgehead atoms. The van der Waals surface area contributed by atoms with Gasteiger partial charge in [0.2, 0.25) is 0 Å². The van der Waals surface area contributed by atoms with Crippen LogP contribution < -0.4 is 5.32 Å². The quantitative estimate of drug-likeness (QED) is 0.934. The number of hydrogen-bond acceptors (Lipinski definition) is 4. The maximum Gasteiger partial charge on any atom is 0.271 e. The Kier molecular flexibility index (Phi) is 4.35. The lowest BCUT2D eigenvalue weighted by Gasteiger charge is -2.20. The Bertz CT molecular complexity index is 721. The molecule has 1 unspecified atom stereocenters. The van der Waals surface area contributed by atoms with Crippen LogP contribution in [0.1, 0.15) is 42.1 Å². The molecule has 3 heterocycles. The van der Waals surface area contributed by atoms with Crippen molar-refractivity contribution < 1.29 is 4.79 Å². The molecule has 1 aliphatic heterocycles. The topological polar surface area (TPSA) is 62.5 Å². The molecule has 1 fully saturated rings. The molecule has 124 valence electrons. The summed E-state index contributed by atoms with van der Waals surface area (Å²) in [6, 6.07) is 4.29. The van der Waals surface area contributed by atoms with Crippen LogP contribution in [-0.4, -0.2) is 51.1 Å². The molecule has 1 saturated heterocycles. The zero-order valence-corrected chi connectivity index (χ0v) is 14.3. The van der Waals surface area contributed by atoms with E-state index in [-0.39, 0.29) is 5.91 Å². The van der Waals surface area contributed by atoms with Crippen LogP contribution in [0.2, 0.25) is 0 Å². The van der Waals surface area contributed by atoms with Crippen LogP contribution in [0.5, 0.6) is 0 Å². The number of hydrogen-bond donors (Lipinski definition) is 1. The molecule has 0 saturated carbocycles. The Balaban J connectivity index is 1.64. The summed E-state index contributed by atoms with van der Waals surface area (Å²) < 4.78 is 1.72. The van der Waals surface area contributed by atoms with E-state index in [1.807, 2.05) is 19.9 Å². The van der Waals surface area contributed by atoms with E-state index in [9.17, 15) is 4.79 Å². The Labute approximate surface area is 136 Å². The molecule has 2 aromatic rings. The fraction of sp³-hybridized carbons (Fsp3) is 0.588. The summed E-state index contributed by atoms with van der Waals surface area (Å²) in [4.78, 5) is 19.2. The summed E-state index contributed by atoms with van der Waals surface area (Å²) in [7, 11) is 0. The van der Waals surface area contributed by atoms with E-state index < -0.39 is 0 Å². The first kappa shape index (κ1) is 15.9. The van der Waals surface area contributed by atoms with E-state index in [1.165, 1.54) is 0 Å². The van der Waals surface area contributed by atoms with Gasteiger partial charge in [-0.25, -0.2) is 9.50 Å². The zero-order valence-electron chi connectivity index (χ0n) is 14.3. The molecule has 2 aromatic heterocycles. The van der Waals surface area contributed by atoms with Crippen LogP contribution in [0, 0.1) is 19.8 Å². The monoisotopic (exact) mass is 315 g/mol. The van der Waals surface area contributed by atoms with Gasteiger partial charge in [0.15, 0.2) is 11.3 Å². The van der Waals surface area contributed by atoms with Crippen molar-refractivity contribution in [3.05, 3.63) is 29.2 Å². The van der Waals surface area contributed by atoms with Crippen LogP contribution in [0.3, 0.4) is 0 Å². The minimum Gasteiger partial charge on any atom is -0.350 e. The van der Waals surface area contributed by atoms with Crippen molar-refractivity contribution in [3.8, 4) is 0 Å². The number of amides is 1. The second-order valence-corrected chi connectivity index (χ2v) is 6.79. The van der Waals surface area contributed by atoms with Crippen molar-refractivity contribution in [2.45, 2.75) is 40.2 Å². The number of carbonyl (C=O) groups excluding carboxylic acids is 1. The Morgan fingerprint density at radius 2 is 2.17 bits per heavy atom. The minimum absolute atomic E-state index is 0.115. The summed E-state index contributed by atoms with van der Waals surface area (Å²) in [5.41, 5.74) is 3.07. The van der Waals surface area contributed by atoms with Gasteiger partial charge in [-0.15, -0.1) is 0 Å². The molecule has 0 aliphatic carbocycles. The maximum atomic E-state index is 12.4. The third-order valence-electron chi connectivity index (χ3n) is 4.56. The van der Waals surface area contributed by atoms with E-state index >= 15 is 0 Å². The van der Waals surface area contributed by atoms with Crippen molar-refractivity contribution in [1.29, 1.82) is 0 Å². The van der Waals surface area contributed by atoms with Gasteiger partial charge >= 0.3 is 0 Å². The van der Waals surface area contributed by atoms with Crippen molar-refractivity contribution in [2.24, 2.45) is 5.92 Å². The number of fused-ring (bicyclic) bond motifs is 1. The molecule has 6 heteroatoms. The van der Waals surface area contributed by atoms with Gasteiger partial charge < -0.3 is 10.2 Å². The van der Waals surface area contributed by atoms with Gasteiger partial charge in [0.25, 0.3) is 5.91 Å². The van der Waals surface area contributed by atoms with E-state index in [0.29, 0.717) is 24.2 Å². The highest BCUT2D eigenvalue weighted by molar-refractivity contribution is 5.93. The van der Waals surface area contributed by atoms with Gasteiger partial charge in [0.1, 0.15) is 0 Å². The van der Waals surface area contributed by atoms with Crippen molar-refractivity contribution in [2.75, 3.05) is 19.6 Å². The number of carbonyl (C=O) groups is 1. The first-order chi connectivity index (χ1) is 10.9. The predicted octanol–water partition coefficient (Wildman–Crippen LogP) is 1.81. The van der Waals surface area contributed by atoms with Gasteiger partial charge in [0.05, 0.1) is 0 Å². The van der Waals surface area contributed by atoms with Gasteiger partial charge in [-0.1, -0.05) is 0 Å². The highest BCUT2D eigenvalue weighted by Gasteiger charge is 2.24. The Morgan fingerprint density at radius 3 is 2.87 bits per heavy atom. The average molecular weight is 315 g/mol. The summed E-state index contributed by atoms with van der Waals surface area (Å²) >= 11 is 0. The summed E-state index contributed by atoms with van der Waals surface area (Å²) in [5, 5.41) is 7.40. The molecule has 0 radical (unpaired) electrons. The molecule has 1 N–H and O–H groups in total. The largest absolute Gasteiger partial charge is 0.350 e. The van der Waals surface area contributed by atoms with Crippen LogP contribution in [-0.2, 0) is 0 Å². The fourth-order valence-electron chi connectivity index (χ4n) is 3.22. The van der Waals surface area contributed by atoms with Crippen LogP contribution in [0.4, 0.5) is 0 Å². The average Bonchev–Trinajstić information content (AvgIpc) is 3.11. The van der Waals surface area contributed by atoms with Crippen LogP contribution >= 0.6 is 0 Å². The number of nitrogens with one attached hydrogen (secondary N) is 1. The predicted molar refractivity (Wildman–Crippen MR) is 89.6 cm³/mol. The number of likely N-dealkylation sites (tertiary alicyclic amines) is 1. The molecule has 1 aliphatic rings. The normalized spacial score (nSPS) is 18.9. The van der Waals surface area contributed by atoms with Crippen LogP contribution in [0.25, 0.3) is 5.65 Å². The van der Waals surface area contributed by atoms with E-state index in [4.69, 9.17) is 0 Å². The fourth-order valence-corrected chi connectivity index (χ4v) is 3.22. The molecule has 0 aromatic carbocycles. The number of aryl methyl sites for hydroxylation is 2. The molecular weight excluding hydrogens is 290 g/mol. The zero-order chi connectivity index (χ0) is 16.6. The van der Waals surface area contributed by atoms with E-state index in [2.05, 4.69) is 34.1 Å². The molecule has 3 rings (SSSR count). The molecule has 0 spiro atoms. The molecule has 23 heavy (non-hydrogen) atoms. The SMILES string of the molecule is Cc1cc(C)n2nc(C(=O)NCC3CCN(C(C)C)C3)cc2n1. The van der Waals surface area contributed by atoms with E-state index in [0.717, 1.165) is 36.5 Å². The first-order valence-corrected chi connectivity index (χ1v) is 8.30. The van der Waals surface area contributed by atoms with Crippen LogP contribution in [0.15, 0.2) is 12.1 Å². The molecule has 6 nitrogen and oxygen atoms in total. The Morgan fingerprint density at radius 1 is 1.39 bits per heavy atom. The molecule has 1 atom stereocenters. The number of aromatic nitrogens is 3. The molecule has 1 amide bonds. The lowest BCUT2D eigenvalue weighted by atomic mass is 10.1. The van der Waals surface area contributed by atoms with Crippen molar-refractivity contribution >= 4 is 11.6 Å². The summed E-state index contributed by atoms with van der Waals surface area (Å²) in [5.74, 6) is 0.413. The Hall–Kier alpha value is -1.95. The van der Waals surface area contributed by atoms with Gasteiger partial charge in [-0.3, -0.25) is 4.79 Å². The van der Waals surface area contributed by atoms with Gasteiger partial charge in [-0.05, 0) is 52.6 Å². The summed E-state index contributed by atoms with van der Waals surface area (Å²) in [6.07, 6.45) is 1.14. The third kappa shape index (κ3) is 3.37. The van der Waals surface area contributed by atoms with Gasteiger partial charge in [0, 0.05) is 36.6 Å². The minimum atomic E-state index is -0.115. The van der Waals surface area contributed by atoms with Crippen molar-refractivity contribution in [3.63, 3.8) is 0 Å². The first-order valence-electron chi connectivity index (χ1n) is 8.30. The summed E-state index contributed by atoms with van der Waals surface area (Å²) in [6.45, 7) is 11.2. The highest BCUT2D eigenvalue weighted by Crippen LogP contribution is 2.17. The molecular formula is C17H25N5O. The lowest BCUT2D eigenvalue weighted by molar-refractivity contribution is 0.0942. The van der Waals surface area contributed by atoms with Gasteiger partial charge in [-0.2, -0.15) is 5.10 Å². The maximum absolute atomic E-state index is 12.4. The highest BCUT2D eigenvalue weighted by atomic mass is 16.1. The number of nitrogens with zero attached hydrogens (tertiary/aromatic N) is 4. The van der Waals surface area contributed by atoms with E-state index in [1.54, 1.807) is 10.6 Å². The lowest BCUT2D eigenvalue weighted by Crippen LogP contribution is -2.33. The number of rotatable bonds is 4. The second kappa shape index (κ2) is 6.28.